The van der Waals surface area contributed by atoms with Gasteiger partial charge >= 0.3 is 0 Å². The number of anilines is 2. The molecule has 5 rings (SSSR count). The van der Waals surface area contributed by atoms with Gasteiger partial charge in [0, 0.05) is 50.0 Å². The maximum absolute atomic E-state index is 12.2. The summed E-state index contributed by atoms with van der Waals surface area (Å²) in [6.45, 7) is 6.11. The lowest BCUT2D eigenvalue weighted by Crippen LogP contribution is -2.46. The van der Waals surface area contributed by atoms with Crippen LogP contribution in [0.25, 0.3) is 0 Å². The van der Waals surface area contributed by atoms with Crippen LogP contribution in [0.1, 0.15) is 35.7 Å². The van der Waals surface area contributed by atoms with Crippen molar-refractivity contribution in [2.45, 2.75) is 38.5 Å². The average molecular weight is 455 g/mol. The zero-order valence-electron chi connectivity index (χ0n) is 18.1. The van der Waals surface area contributed by atoms with Crippen LogP contribution in [0.15, 0.2) is 36.4 Å². The number of nitrogens with one attached hydrogen (secondary N) is 2. The Kier molecular flexibility index (Phi) is 5.69. The summed E-state index contributed by atoms with van der Waals surface area (Å²) in [4.78, 5) is 28.8. The van der Waals surface area contributed by atoms with Gasteiger partial charge in [0.15, 0.2) is 11.9 Å². The molecule has 2 aromatic carbocycles. The van der Waals surface area contributed by atoms with Crippen molar-refractivity contribution < 1.29 is 14.3 Å². The van der Waals surface area contributed by atoms with E-state index in [0.717, 1.165) is 56.8 Å². The Morgan fingerprint density at radius 1 is 1.16 bits per heavy atom. The third-order valence-corrected chi connectivity index (χ3v) is 6.49. The predicted molar refractivity (Wildman–Crippen MR) is 125 cm³/mol. The molecule has 2 aliphatic heterocycles. The first-order chi connectivity index (χ1) is 15.5. The van der Waals surface area contributed by atoms with Crippen LogP contribution in [0.5, 0.6) is 5.75 Å². The van der Waals surface area contributed by atoms with Crippen LogP contribution in [-0.4, -0.2) is 55.0 Å². The molecule has 2 aromatic rings. The molecule has 0 radical (unpaired) electrons. The van der Waals surface area contributed by atoms with E-state index in [2.05, 4.69) is 20.4 Å². The molecule has 1 saturated carbocycles. The third-order valence-electron chi connectivity index (χ3n) is 6.21. The fourth-order valence-corrected chi connectivity index (χ4v) is 4.45. The molecule has 2 heterocycles. The summed E-state index contributed by atoms with van der Waals surface area (Å²) >= 11 is 6.42. The van der Waals surface area contributed by atoms with Crippen molar-refractivity contribution in [2.24, 2.45) is 0 Å². The van der Waals surface area contributed by atoms with Crippen molar-refractivity contribution in [3.63, 3.8) is 0 Å². The molecule has 2 amide bonds. The molecule has 0 spiro atoms. The minimum atomic E-state index is -0.541. The first kappa shape index (κ1) is 21.1. The number of ether oxygens (including phenoxy) is 1. The van der Waals surface area contributed by atoms with Gasteiger partial charge in [-0.1, -0.05) is 11.6 Å². The van der Waals surface area contributed by atoms with Gasteiger partial charge in [0.25, 0.3) is 11.8 Å². The molecular weight excluding hydrogens is 428 g/mol. The zero-order chi connectivity index (χ0) is 22.2. The van der Waals surface area contributed by atoms with Crippen molar-refractivity contribution in [3.05, 3.63) is 52.5 Å². The smallest absolute Gasteiger partial charge is 0.265 e. The highest BCUT2D eigenvalue weighted by atomic mass is 35.5. The molecule has 1 aliphatic carbocycles. The van der Waals surface area contributed by atoms with Crippen LogP contribution in [-0.2, 0) is 11.3 Å². The normalized spacial score (nSPS) is 20.9. The van der Waals surface area contributed by atoms with E-state index in [4.69, 9.17) is 16.3 Å². The second-order valence-electron chi connectivity index (χ2n) is 8.76. The number of rotatable bonds is 5. The summed E-state index contributed by atoms with van der Waals surface area (Å²) in [5, 5.41) is 6.43. The van der Waals surface area contributed by atoms with Crippen LogP contribution >= 0.6 is 11.6 Å². The fraction of sp³-hybridized carbons (Fsp3) is 0.417. The van der Waals surface area contributed by atoms with E-state index in [-0.39, 0.29) is 11.8 Å². The van der Waals surface area contributed by atoms with E-state index < -0.39 is 6.10 Å². The SMILES string of the molecule is CC1Oc2c(Cl)cc(CN3CCN(c4ccc(C(=O)NC5CC5)cc4)CC3)cc2NC1=O. The Hall–Kier alpha value is -2.77. The number of nitrogens with zero attached hydrogens (tertiary/aromatic N) is 2. The van der Waals surface area contributed by atoms with Crippen molar-refractivity contribution in [1.82, 2.24) is 10.2 Å². The number of carbonyl (C=O) groups excluding carboxylic acids is 2. The number of piperazine rings is 1. The second-order valence-corrected chi connectivity index (χ2v) is 9.17. The van der Waals surface area contributed by atoms with E-state index in [1.54, 1.807) is 6.92 Å². The Morgan fingerprint density at radius 3 is 2.56 bits per heavy atom. The molecular formula is C24H27ClN4O3. The average Bonchev–Trinajstić information content (AvgIpc) is 3.60. The van der Waals surface area contributed by atoms with Gasteiger partial charge in [0.2, 0.25) is 0 Å². The molecule has 8 heteroatoms. The monoisotopic (exact) mass is 454 g/mol. The lowest BCUT2D eigenvalue weighted by atomic mass is 10.1. The van der Waals surface area contributed by atoms with Gasteiger partial charge < -0.3 is 20.3 Å². The molecule has 1 atom stereocenters. The summed E-state index contributed by atoms with van der Waals surface area (Å²) in [7, 11) is 0. The summed E-state index contributed by atoms with van der Waals surface area (Å²) < 4.78 is 5.64. The first-order valence-corrected chi connectivity index (χ1v) is 11.5. The molecule has 3 aliphatic rings. The Balaban J connectivity index is 1.17. The maximum Gasteiger partial charge on any atom is 0.265 e. The molecule has 32 heavy (non-hydrogen) atoms. The topological polar surface area (TPSA) is 73.9 Å². The summed E-state index contributed by atoms with van der Waals surface area (Å²) in [6.07, 6.45) is 1.64. The number of fused-ring (bicyclic) bond motifs is 1. The first-order valence-electron chi connectivity index (χ1n) is 11.1. The van der Waals surface area contributed by atoms with Gasteiger partial charge in [-0.2, -0.15) is 0 Å². The second kappa shape index (κ2) is 8.64. The van der Waals surface area contributed by atoms with E-state index >= 15 is 0 Å². The van der Waals surface area contributed by atoms with E-state index in [1.165, 1.54) is 0 Å². The van der Waals surface area contributed by atoms with Gasteiger partial charge in [-0.3, -0.25) is 14.5 Å². The molecule has 0 aromatic heterocycles. The lowest BCUT2D eigenvalue weighted by Gasteiger charge is -2.36. The fourth-order valence-electron chi connectivity index (χ4n) is 4.16. The standard InChI is InChI=1S/C24H27ClN4O3/c1-15-23(30)27-21-13-16(12-20(25)22(21)32-15)14-28-8-10-29(11-9-28)19-6-2-17(3-7-19)24(31)26-18-4-5-18/h2-3,6-7,12-13,15,18H,4-5,8-11,14H2,1H3,(H,26,31)(H,27,30). The van der Waals surface area contributed by atoms with Gasteiger partial charge in [0.05, 0.1) is 10.7 Å². The predicted octanol–water partition coefficient (Wildman–Crippen LogP) is 3.27. The van der Waals surface area contributed by atoms with Crippen molar-refractivity contribution in [2.75, 3.05) is 36.4 Å². The molecule has 1 saturated heterocycles. The largest absolute Gasteiger partial charge is 0.477 e. The van der Waals surface area contributed by atoms with Crippen molar-refractivity contribution in [3.8, 4) is 5.75 Å². The highest BCUT2D eigenvalue weighted by Crippen LogP contribution is 2.38. The van der Waals surface area contributed by atoms with Crippen LogP contribution in [0, 0.1) is 0 Å². The number of carbonyl (C=O) groups is 2. The maximum atomic E-state index is 12.2. The Labute approximate surface area is 192 Å². The third kappa shape index (κ3) is 4.54. The van der Waals surface area contributed by atoms with E-state index in [9.17, 15) is 9.59 Å². The number of halogens is 1. The molecule has 2 N–H and O–H groups in total. The summed E-state index contributed by atoms with van der Waals surface area (Å²) in [5.74, 6) is 0.403. The Morgan fingerprint density at radius 2 is 1.88 bits per heavy atom. The highest BCUT2D eigenvalue weighted by Gasteiger charge is 2.27. The van der Waals surface area contributed by atoms with Crippen LogP contribution in [0.3, 0.4) is 0 Å². The van der Waals surface area contributed by atoms with Crippen molar-refractivity contribution >= 4 is 34.8 Å². The summed E-state index contributed by atoms with van der Waals surface area (Å²) in [5.41, 5.74) is 3.54. The number of hydrogen-bond donors (Lipinski definition) is 2. The van der Waals surface area contributed by atoms with E-state index in [0.29, 0.717) is 28.1 Å². The number of hydrogen-bond acceptors (Lipinski definition) is 5. The van der Waals surface area contributed by atoms with E-state index in [1.807, 2.05) is 36.4 Å². The molecule has 168 valence electrons. The highest BCUT2D eigenvalue weighted by molar-refractivity contribution is 6.33. The quantitative estimate of drug-likeness (QED) is 0.725. The number of benzene rings is 2. The minimum Gasteiger partial charge on any atom is -0.477 e. The van der Waals surface area contributed by atoms with Gasteiger partial charge in [-0.05, 0) is 61.7 Å². The molecule has 7 nitrogen and oxygen atoms in total. The molecule has 2 fully saturated rings. The lowest BCUT2D eigenvalue weighted by molar-refractivity contribution is -0.122. The zero-order valence-corrected chi connectivity index (χ0v) is 18.8. The van der Waals surface area contributed by atoms with Gasteiger partial charge in [-0.15, -0.1) is 0 Å². The Bertz CT molecular complexity index is 1030. The van der Waals surface area contributed by atoms with Crippen LogP contribution < -0.4 is 20.3 Å². The number of amides is 2. The van der Waals surface area contributed by atoms with Crippen LogP contribution in [0.2, 0.25) is 5.02 Å². The van der Waals surface area contributed by atoms with Crippen molar-refractivity contribution in [1.29, 1.82) is 0 Å². The molecule has 0 bridgehead atoms. The molecule has 1 unspecified atom stereocenters. The van der Waals surface area contributed by atoms with Crippen LogP contribution in [0.4, 0.5) is 11.4 Å². The minimum absolute atomic E-state index is 0.0172. The van der Waals surface area contributed by atoms with Gasteiger partial charge in [0.1, 0.15) is 0 Å². The van der Waals surface area contributed by atoms with Gasteiger partial charge in [-0.25, -0.2) is 0 Å². The summed E-state index contributed by atoms with van der Waals surface area (Å²) in [6, 6.07) is 12.1.